The Labute approximate surface area is 124 Å². The van der Waals surface area contributed by atoms with Crippen LogP contribution in [-0.4, -0.2) is 30.5 Å². The molecule has 110 valence electrons. The molecule has 0 saturated carbocycles. The standard InChI is InChI=1S/C15H18N4O2/c16-7-2-9-19(10-3-8-17)15(20)6-11-21-14-5-1-4-13(18)12-14/h1,4-5,12H,2-3,6,9-11,18H2. The Morgan fingerprint density at radius 3 is 2.48 bits per heavy atom. The molecule has 1 aromatic carbocycles. The van der Waals surface area contributed by atoms with E-state index >= 15 is 0 Å². The van der Waals surface area contributed by atoms with E-state index in [1.165, 1.54) is 4.90 Å². The molecule has 6 nitrogen and oxygen atoms in total. The number of anilines is 1. The van der Waals surface area contributed by atoms with Crippen molar-refractivity contribution >= 4 is 11.6 Å². The molecule has 1 amide bonds. The van der Waals surface area contributed by atoms with E-state index in [-0.39, 0.29) is 31.8 Å². The first-order valence-corrected chi connectivity index (χ1v) is 6.67. The molecule has 0 unspecified atom stereocenters. The maximum absolute atomic E-state index is 12.0. The molecule has 0 spiro atoms. The molecule has 0 heterocycles. The summed E-state index contributed by atoms with van der Waals surface area (Å²) in [5.41, 5.74) is 6.23. The maximum atomic E-state index is 12.0. The van der Waals surface area contributed by atoms with Crippen LogP contribution in [0.25, 0.3) is 0 Å². The molecule has 0 aliphatic heterocycles. The Balaban J connectivity index is 2.42. The normalized spacial score (nSPS) is 9.43. The van der Waals surface area contributed by atoms with Crippen LogP contribution in [0.1, 0.15) is 19.3 Å². The predicted molar refractivity (Wildman–Crippen MR) is 78.0 cm³/mol. The Morgan fingerprint density at radius 2 is 1.90 bits per heavy atom. The van der Waals surface area contributed by atoms with E-state index in [4.69, 9.17) is 21.0 Å². The van der Waals surface area contributed by atoms with Crippen molar-refractivity contribution in [3.05, 3.63) is 24.3 Å². The first kappa shape index (κ1) is 16.3. The Bertz CT molecular complexity index is 527. The molecule has 0 radical (unpaired) electrons. The molecule has 2 N–H and O–H groups in total. The Hall–Kier alpha value is -2.73. The van der Waals surface area contributed by atoms with E-state index < -0.39 is 0 Å². The molecule has 0 saturated heterocycles. The molecule has 0 aliphatic rings. The number of nitrogens with two attached hydrogens (primary N) is 1. The third-order valence-electron chi connectivity index (χ3n) is 2.78. The lowest BCUT2D eigenvalue weighted by Gasteiger charge is -2.20. The molecule has 1 rings (SSSR count). The molecule has 0 bridgehead atoms. The van der Waals surface area contributed by atoms with Gasteiger partial charge in [-0.3, -0.25) is 4.79 Å². The summed E-state index contributed by atoms with van der Waals surface area (Å²) in [7, 11) is 0. The molecule has 6 heteroatoms. The van der Waals surface area contributed by atoms with Gasteiger partial charge in [-0.2, -0.15) is 10.5 Å². The van der Waals surface area contributed by atoms with Gasteiger partial charge in [0.1, 0.15) is 5.75 Å². The van der Waals surface area contributed by atoms with Crippen molar-refractivity contribution in [2.45, 2.75) is 19.3 Å². The summed E-state index contributed by atoms with van der Waals surface area (Å²) < 4.78 is 5.46. The van der Waals surface area contributed by atoms with Gasteiger partial charge in [-0.05, 0) is 12.1 Å². The van der Waals surface area contributed by atoms with Gasteiger partial charge in [0.25, 0.3) is 0 Å². The van der Waals surface area contributed by atoms with Crippen molar-refractivity contribution in [3.63, 3.8) is 0 Å². The largest absolute Gasteiger partial charge is 0.493 e. The zero-order valence-electron chi connectivity index (χ0n) is 11.8. The first-order valence-electron chi connectivity index (χ1n) is 6.67. The maximum Gasteiger partial charge on any atom is 0.226 e. The number of amides is 1. The number of rotatable bonds is 8. The molecule has 0 aliphatic carbocycles. The second-order valence-electron chi connectivity index (χ2n) is 4.37. The van der Waals surface area contributed by atoms with Crippen LogP contribution in [0.15, 0.2) is 24.3 Å². The average molecular weight is 286 g/mol. The summed E-state index contributed by atoms with van der Waals surface area (Å²) in [6.45, 7) is 0.919. The molecule has 0 fully saturated rings. The molecule has 21 heavy (non-hydrogen) atoms. The van der Waals surface area contributed by atoms with Gasteiger partial charge < -0.3 is 15.4 Å². The van der Waals surface area contributed by atoms with Crippen LogP contribution < -0.4 is 10.5 Å². The highest BCUT2D eigenvalue weighted by Crippen LogP contribution is 2.14. The number of benzene rings is 1. The number of hydrogen-bond donors (Lipinski definition) is 1. The van der Waals surface area contributed by atoms with E-state index in [1.807, 2.05) is 12.1 Å². The fraction of sp³-hybridized carbons (Fsp3) is 0.400. The quantitative estimate of drug-likeness (QED) is 0.732. The second kappa shape index (κ2) is 9.22. The number of nitriles is 2. The first-order chi connectivity index (χ1) is 10.2. The molecule has 1 aromatic rings. The van der Waals surface area contributed by atoms with Gasteiger partial charge in [-0.15, -0.1) is 0 Å². The van der Waals surface area contributed by atoms with Crippen molar-refractivity contribution in [2.24, 2.45) is 0 Å². The van der Waals surface area contributed by atoms with Crippen molar-refractivity contribution in [1.29, 1.82) is 10.5 Å². The Morgan fingerprint density at radius 1 is 1.24 bits per heavy atom. The smallest absolute Gasteiger partial charge is 0.226 e. The lowest BCUT2D eigenvalue weighted by Crippen LogP contribution is -2.33. The van der Waals surface area contributed by atoms with Crippen molar-refractivity contribution < 1.29 is 9.53 Å². The summed E-state index contributed by atoms with van der Waals surface area (Å²) in [6.07, 6.45) is 0.714. The van der Waals surface area contributed by atoms with Gasteiger partial charge in [0, 0.05) is 24.8 Å². The minimum absolute atomic E-state index is 0.121. The van der Waals surface area contributed by atoms with E-state index in [1.54, 1.807) is 24.3 Å². The van der Waals surface area contributed by atoms with E-state index in [2.05, 4.69) is 0 Å². The molecular weight excluding hydrogens is 268 g/mol. The SMILES string of the molecule is N#CCCN(CCC#N)C(=O)CCOc1cccc(N)c1. The Kier molecular flexibility index (Phi) is 7.17. The van der Waals surface area contributed by atoms with Gasteiger partial charge in [-0.1, -0.05) is 6.07 Å². The fourth-order valence-corrected chi connectivity index (χ4v) is 1.75. The average Bonchev–Trinajstić information content (AvgIpc) is 2.47. The summed E-state index contributed by atoms with van der Waals surface area (Å²) >= 11 is 0. The lowest BCUT2D eigenvalue weighted by molar-refractivity contribution is -0.131. The molecule has 0 atom stereocenters. The van der Waals surface area contributed by atoms with E-state index in [9.17, 15) is 4.79 Å². The van der Waals surface area contributed by atoms with E-state index in [0.29, 0.717) is 24.5 Å². The molecular formula is C15H18N4O2. The van der Waals surface area contributed by atoms with Crippen molar-refractivity contribution in [1.82, 2.24) is 4.90 Å². The van der Waals surface area contributed by atoms with Gasteiger partial charge >= 0.3 is 0 Å². The number of carbonyl (C=O) groups excluding carboxylic acids is 1. The van der Waals surface area contributed by atoms with Gasteiger partial charge in [0.15, 0.2) is 0 Å². The second-order valence-corrected chi connectivity index (χ2v) is 4.37. The zero-order valence-corrected chi connectivity index (χ0v) is 11.8. The van der Waals surface area contributed by atoms with Gasteiger partial charge in [0.2, 0.25) is 5.91 Å². The highest BCUT2D eigenvalue weighted by molar-refractivity contribution is 5.76. The van der Waals surface area contributed by atoms with Gasteiger partial charge in [-0.25, -0.2) is 0 Å². The molecule has 0 aromatic heterocycles. The summed E-state index contributed by atoms with van der Waals surface area (Å²) in [6, 6.07) is 11.0. The number of hydrogen-bond acceptors (Lipinski definition) is 5. The number of nitrogen functional groups attached to an aromatic ring is 1. The van der Waals surface area contributed by atoms with Gasteiger partial charge in [0.05, 0.1) is 38.0 Å². The van der Waals surface area contributed by atoms with Crippen molar-refractivity contribution in [2.75, 3.05) is 25.4 Å². The summed E-state index contributed by atoms with van der Waals surface area (Å²) in [5, 5.41) is 17.2. The predicted octanol–water partition coefficient (Wildman–Crippen LogP) is 1.69. The summed E-state index contributed by atoms with van der Waals surface area (Å²) in [4.78, 5) is 13.5. The summed E-state index contributed by atoms with van der Waals surface area (Å²) in [5.74, 6) is 0.493. The van der Waals surface area contributed by atoms with Crippen LogP contribution in [0, 0.1) is 22.7 Å². The minimum atomic E-state index is -0.121. The zero-order chi connectivity index (χ0) is 15.5. The van der Waals surface area contributed by atoms with Crippen LogP contribution in [0.4, 0.5) is 5.69 Å². The van der Waals surface area contributed by atoms with Crippen LogP contribution in [0.5, 0.6) is 5.75 Å². The van der Waals surface area contributed by atoms with Crippen molar-refractivity contribution in [3.8, 4) is 17.9 Å². The van der Waals surface area contributed by atoms with E-state index in [0.717, 1.165) is 0 Å². The number of nitrogens with zero attached hydrogens (tertiary/aromatic N) is 3. The highest BCUT2D eigenvalue weighted by Gasteiger charge is 2.12. The minimum Gasteiger partial charge on any atom is -0.493 e. The fourth-order valence-electron chi connectivity index (χ4n) is 1.75. The highest BCUT2D eigenvalue weighted by atomic mass is 16.5. The lowest BCUT2D eigenvalue weighted by atomic mass is 10.3. The van der Waals surface area contributed by atoms with Crippen LogP contribution >= 0.6 is 0 Å². The number of ether oxygens (including phenoxy) is 1. The third-order valence-corrected chi connectivity index (χ3v) is 2.78. The topological polar surface area (TPSA) is 103 Å². The monoisotopic (exact) mass is 286 g/mol. The van der Waals surface area contributed by atoms with Crippen LogP contribution in [-0.2, 0) is 4.79 Å². The third kappa shape index (κ3) is 6.31. The van der Waals surface area contributed by atoms with Crippen LogP contribution in [0.2, 0.25) is 0 Å². The van der Waals surface area contributed by atoms with Crippen LogP contribution in [0.3, 0.4) is 0 Å². The number of carbonyl (C=O) groups is 1.